The molecule has 1 aromatic carbocycles. The summed E-state index contributed by atoms with van der Waals surface area (Å²) in [5.74, 6) is -0.161. The Balaban J connectivity index is 3.13. The summed E-state index contributed by atoms with van der Waals surface area (Å²) in [5.41, 5.74) is 5.36. The molecule has 0 aliphatic carbocycles. The van der Waals surface area contributed by atoms with E-state index in [1.54, 1.807) is 0 Å². The molecular weight excluding hydrogens is 182 g/mol. The van der Waals surface area contributed by atoms with E-state index in [2.05, 4.69) is 4.74 Å². The number of hydrogen-bond donors (Lipinski definition) is 2. The van der Waals surface area contributed by atoms with E-state index in [1.807, 2.05) is 0 Å². The van der Waals surface area contributed by atoms with Gasteiger partial charge < -0.3 is 20.3 Å². The Morgan fingerprint density at radius 1 is 1.50 bits per heavy atom. The van der Waals surface area contributed by atoms with E-state index < -0.39 is 20.2 Å². The number of rotatable bonds is 4. The summed E-state index contributed by atoms with van der Waals surface area (Å²) in [5, 5.41) is 9.74. The number of ether oxygens (including phenoxy) is 2. The predicted octanol–water partition coefficient (Wildman–Crippen LogP) is 0.696. The zero-order chi connectivity index (χ0) is 15.6. The quantitative estimate of drug-likeness (QED) is 0.756. The van der Waals surface area contributed by atoms with Crippen LogP contribution < -0.4 is 15.2 Å². The molecule has 1 rings (SSSR count). The molecule has 0 saturated carbocycles. The van der Waals surface area contributed by atoms with E-state index in [0.29, 0.717) is 0 Å². The van der Waals surface area contributed by atoms with Crippen molar-refractivity contribution in [3.8, 4) is 11.5 Å². The SMILES string of the molecule is [2H]C([2H])([2H])Oc1ccc(OC([2H])([2H])[2H])c(C(O)CN)c1. The largest absolute Gasteiger partial charge is 0.497 e. The molecule has 0 aromatic heterocycles. The number of hydrogen-bond acceptors (Lipinski definition) is 4. The highest BCUT2D eigenvalue weighted by atomic mass is 16.5. The first kappa shape index (κ1) is 5.00. The topological polar surface area (TPSA) is 64.7 Å². The van der Waals surface area contributed by atoms with Crippen LogP contribution in [0.15, 0.2) is 18.2 Å². The minimum atomic E-state index is -2.70. The van der Waals surface area contributed by atoms with Crippen molar-refractivity contribution in [2.24, 2.45) is 5.73 Å². The Bertz CT molecular complexity index is 459. The van der Waals surface area contributed by atoms with Crippen molar-refractivity contribution in [3.05, 3.63) is 23.8 Å². The van der Waals surface area contributed by atoms with E-state index >= 15 is 0 Å². The summed E-state index contributed by atoms with van der Waals surface area (Å²) in [6.45, 7) is -0.186. The van der Waals surface area contributed by atoms with Crippen molar-refractivity contribution >= 4 is 0 Å². The van der Waals surface area contributed by atoms with Crippen molar-refractivity contribution in [3.63, 3.8) is 0 Å². The van der Waals surface area contributed by atoms with Crippen LogP contribution in [0.25, 0.3) is 0 Å². The van der Waals surface area contributed by atoms with Crippen LogP contribution in [0, 0.1) is 0 Å². The lowest BCUT2D eigenvalue weighted by atomic mass is 10.1. The van der Waals surface area contributed by atoms with E-state index in [9.17, 15) is 5.11 Å². The molecule has 0 bridgehead atoms. The lowest BCUT2D eigenvalue weighted by Gasteiger charge is -2.14. The van der Waals surface area contributed by atoms with Gasteiger partial charge in [0.1, 0.15) is 11.5 Å². The van der Waals surface area contributed by atoms with Crippen LogP contribution in [-0.4, -0.2) is 25.7 Å². The first-order valence-electron chi connectivity index (χ1n) is 6.92. The predicted molar refractivity (Wildman–Crippen MR) is 53.6 cm³/mol. The molecule has 0 amide bonds. The maximum Gasteiger partial charge on any atom is 0.124 e. The normalized spacial score (nSPS) is 20.4. The molecule has 3 N–H and O–H groups in total. The molecule has 0 spiro atoms. The Labute approximate surface area is 91.7 Å². The van der Waals surface area contributed by atoms with Gasteiger partial charge in [0, 0.05) is 12.1 Å². The van der Waals surface area contributed by atoms with Crippen molar-refractivity contribution in [2.75, 3.05) is 20.6 Å². The first-order valence-corrected chi connectivity index (χ1v) is 3.92. The molecule has 0 fully saturated rings. The molecule has 0 heterocycles. The summed E-state index contributed by atoms with van der Waals surface area (Å²) in [7, 11) is -5.35. The van der Waals surface area contributed by atoms with Gasteiger partial charge in [-0.05, 0) is 18.2 Å². The number of aliphatic hydroxyl groups excluding tert-OH is 1. The smallest absolute Gasteiger partial charge is 0.124 e. The van der Waals surface area contributed by atoms with Crippen LogP contribution >= 0.6 is 0 Å². The fourth-order valence-electron chi connectivity index (χ4n) is 1.07. The Hall–Kier alpha value is -1.26. The molecule has 0 saturated heterocycles. The maximum atomic E-state index is 9.74. The molecule has 1 atom stereocenters. The van der Waals surface area contributed by atoms with Gasteiger partial charge in [-0.15, -0.1) is 0 Å². The second kappa shape index (κ2) is 4.83. The van der Waals surface area contributed by atoms with Gasteiger partial charge >= 0.3 is 0 Å². The highest BCUT2D eigenvalue weighted by Crippen LogP contribution is 2.28. The summed E-state index contributed by atoms with van der Waals surface area (Å²) in [6.07, 6.45) is -1.20. The Kier molecular flexibility index (Phi) is 1.73. The third kappa shape index (κ3) is 2.16. The van der Waals surface area contributed by atoms with Crippen molar-refractivity contribution in [1.82, 2.24) is 0 Å². The molecule has 0 radical (unpaired) electrons. The van der Waals surface area contributed by atoms with Crippen LogP contribution in [0.3, 0.4) is 0 Å². The van der Waals surface area contributed by atoms with Crippen LogP contribution in [0.5, 0.6) is 11.5 Å². The van der Waals surface area contributed by atoms with Gasteiger partial charge in [-0.2, -0.15) is 0 Å². The minimum Gasteiger partial charge on any atom is -0.497 e. The van der Waals surface area contributed by atoms with E-state index in [-0.39, 0.29) is 23.6 Å². The van der Waals surface area contributed by atoms with Gasteiger partial charge in [-0.1, -0.05) is 0 Å². The van der Waals surface area contributed by atoms with Crippen molar-refractivity contribution < 1.29 is 22.8 Å². The van der Waals surface area contributed by atoms with Crippen molar-refractivity contribution in [1.29, 1.82) is 0 Å². The second-order valence-electron chi connectivity index (χ2n) is 2.66. The van der Waals surface area contributed by atoms with Crippen LogP contribution in [0.2, 0.25) is 0 Å². The third-order valence-electron chi connectivity index (χ3n) is 1.79. The zero-order valence-corrected chi connectivity index (χ0v) is 7.36. The lowest BCUT2D eigenvalue weighted by Crippen LogP contribution is -2.12. The molecule has 1 unspecified atom stereocenters. The molecular formula is C10H15NO3. The highest BCUT2D eigenvalue weighted by Gasteiger charge is 2.12. The molecule has 78 valence electrons. The molecule has 1 aromatic rings. The van der Waals surface area contributed by atoms with Crippen LogP contribution in [-0.2, 0) is 0 Å². The Morgan fingerprint density at radius 2 is 2.29 bits per heavy atom. The van der Waals surface area contributed by atoms with Gasteiger partial charge in [-0.25, -0.2) is 0 Å². The van der Waals surface area contributed by atoms with Gasteiger partial charge in [0.15, 0.2) is 0 Å². The fourth-order valence-corrected chi connectivity index (χ4v) is 1.07. The standard InChI is InChI=1S/C10H15NO3/c1-13-7-3-4-10(14-2)8(5-7)9(12)6-11/h3-5,9,12H,6,11H2,1-2H3/i1D3,2D3. The minimum absolute atomic E-state index is 0.0466. The summed E-state index contributed by atoms with van der Waals surface area (Å²) in [4.78, 5) is 0. The number of methoxy groups -OCH3 is 2. The van der Waals surface area contributed by atoms with Gasteiger partial charge in [-0.3, -0.25) is 0 Å². The van der Waals surface area contributed by atoms with Gasteiger partial charge in [0.2, 0.25) is 0 Å². The van der Waals surface area contributed by atoms with Gasteiger partial charge in [0.05, 0.1) is 28.4 Å². The van der Waals surface area contributed by atoms with Gasteiger partial charge in [0.25, 0.3) is 0 Å². The monoisotopic (exact) mass is 203 g/mol. The molecule has 0 aliphatic rings. The Morgan fingerprint density at radius 3 is 2.93 bits per heavy atom. The summed E-state index contributed by atoms with van der Waals surface area (Å²) >= 11 is 0. The molecule has 4 nitrogen and oxygen atoms in total. The average Bonchev–Trinajstić information content (AvgIpc) is 2.26. The summed E-state index contributed by atoms with van der Waals surface area (Å²) < 4.78 is 51.5. The average molecular weight is 203 g/mol. The van der Waals surface area contributed by atoms with Crippen LogP contribution in [0.4, 0.5) is 0 Å². The number of benzene rings is 1. The van der Waals surface area contributed by atoms with E-state index in [0.717, 1.165) is 0 Å². The maximum absolute atomic E-state index is 9.74. The lowest BCUT2D eigenvalue weighted by molar-refractivity contribution is 0.181. The molecule has 14 heavy (non-hydrogen) atoms. The molecule has 0 aliphatic heterocycles. The highest BCUT2D eigenvalue weighted by molar-refractivity contribution is 5.41. The first-order chi connectivity index (χ1) is 9.02. The summed E-state index contributed by atoms with van der Waals surface area (Å²) in [6, 6.07) is 3.63. The second-order valence-corrected chi connectivity index (χ2v) is 2.66. The zero-order valence-electron chi connectivity index (χ0n) is 13.4. The van der Waals surface area contributed by atoms with E-state index in [1.165, 1.54) is 18.2 Å². The number of aliphatic hydroxyl groups is 1. The fraction of sp³-hybridized carbons (Fsp3) is 0.400. The third-order valence-corrected chi connectivity index (χ3v) is 1.79. The van der Waals surface area contributed by atoms with E-state index in [4.69, 9.17) is 18.7 Å². The van der Waals surface area contributed by atoms with Crippen LogP contribution in [0.1, 0.15) is 19.9 Å². The van der Waals surface area contributed by atoms with Crippen molar-refractivity contribution in [2.45, 2.75) is 6.10 Å². The number of nitrogens with two attached hydrogens (primary N) is 1. The molecule has 4 heteroatoms.